The molecule has 0 unspecified atom stereocenters. The third kappa shape index (κ3) is 6.84. The fourth-order valence-electron chi connectivity index (χ4n) is 1.84. The second kappa shape index (κ2) is 10.2. The first kappa shape index (κ1) is 17.2. The Bertz CT molecular complexity index is 297. The van der Waals surface area contributed by atoms with Crippen molar-refractivity contribution < 1.29 is 74.0 Å². The minimum Gasteiger partial charge on any atom is -0.854 e. The number of rotatable bonds is 6. The van der Waals surface area contributed by atoms with Crippen LogP contribution in [-0.4, -0.2) is 6.61 Å². The number of aryl methyl sites for hydroxylation is 3. The maximum atomic E-state index is 10.3. The first-order chi connectivity index (χ1) is 7.24. The van der Waals surface area contributed by atoms with E-state index >= 15 is 0 Å². The van der Waals surface area contributed by atoms with Crippen molar-refractivity contribution in [3.8, 4) is 0 Å². The van der Waals surface area contributed by atoms with E-state index in [0.29, 0.717) is 0 Å². The largest absolute Gasteiger partial charge is 1.00 e. The van der Waals surface area contributed by atoms with E-state index in [1.54, 1.807) is 0 Å². The van der Waals surface area contributed by atoms with Crippen molar-refractivity contribution in [2.45, 2.75) is 46.0 Å². The van der Waals surface area contributed by atoms with Gasteiger partial charge in [0.15, 0.2) is 0 Å². The maximum Gasteiger partial charge on any atom is 1.00 e. The molecule has 1 aromatic carbocycles. The van der Waals surface area contributed by atoms with Crippen LogP contribution in [0.3, 0.4) is 0 Å². The molecule has 0 radical (unpaired) electrons. The molecule has 0 bridgehead atoms. The molecule has 0 aliphatic carbocycles. The van der Waals surface area contributed by atoms with Crippen LogP contribution in [0.2, 0.25) is 0 Å². The van der Waals surface area contributed by atoms with Crippen LogP contribution in [0.1, 0.15) is 42.4 Å². The molecule has 0 saturated heterocycles. The molecule has 0 aromatic heterocycles. The van der Waals surface area contributed by atoms with Crippen LogP contribution >= 0.6 is 0 Å². The van der Waals surface area contributed by atoms with Crippen molar-refractivity contribution in [3.63, 3.8) is 0 Å². The van der Waals surface area contributed by atoms with E-state index in [0.717, 1.165) is 19.3 Å². The molecule has 0 spiro atoms. The Labute approximate surface area is 158 Å². The molecule has 0 heterocycles. The van der Waals surface area contributed by atoms with E-state index in [-0.39, 0.29) is 75.5 Å². The summed E-state index contributed by atoms with van der Waals surface area (Å²) in [7, 11) is 0. The van der Waals surface area contributed by atoms with Crippen LogP contribution in [0.5, 0.6) is 0 Å². The fraction of sp³-hybridized carbons (Fsp3) is 0.571. The molecule has 0 fully saturated rings. The topological polar surface area (TPSA) is 23.1 Å². The van der Waals surface area contributed by atoms with Gasteiger partial charge in [-0.05, 0) is 37.8 Å². The Hall–Kier alpha value is 1.23. The van der Waals surface area contributed by atoms with Crippen LogP contribution in [0, 0.1) is 13.8 Å². The molecule has 1 rings (SSSR count). The van der Waals surface area contributed by atoms with E-state index in [2.05, 4.69) is 32.0 Å². The average Bonchev–Trinajstić information content (AvgIpc) is 2.23. The summed E-state index contributed by atoms with van der Waals surface area (Å²) in [5.41, 5.74) is 4.21. The molecule has 0 aliphatic heterocycles. The summed E-state index contributed by atoms with van der Waals surface area (Å²) in [4.78, 5) is 0. The fourth-order valence-corrected chi connectivity index (χ4v) is 1.84. The monoisotopic (exact) mass is 338 g/mol. The molecule has 84 valence electrons. The standard InChI is InChI=1S/C14H21O.Cs/c1-12-8-9-13(2)14(11-12)7-5-3-4-6-10-15;/h8-9,11H,3-7,10H2,1-2H3;/q-1;+1. The van der Waals surface area contributed by atoms with Crippen molar-refractivity contribution in [1.82, 2.24) is 0 Å². The van der Waals surface area contributed by atoms with Gasteiger partial charge >= 0.3 is 68.9 Å². The Morgan fingerprint density at radius 3 is 2.38 bits per heavy atom. The summed E-state index contributed by atoms with van der Waals surface area (Å²) in [5, 5.41) is 10.3. The predicted octanol–water partition coefficient (Wildman–Crippen LogP) is -0.229. The molecule has 0 saturated carbocycles. The van der Waals surface area contributed by atoms with Gasteiger partial charge in [-0.1, -0.05) is 43.0 Å². The van der Waals surface area contributed by atoms with Crippen molar-refractivity contribution in [2.75, 3.05) is 6.61 Å². The first-order valence-corrected chi connectivity index (χ1v) is 5.88. The minimum absolute atomic E-state index is 0. The van der Waals surface area contributed by atoms with Gasteiger partial charge in [0.1, 0.15) is 0 Å². The average molecular weight is 338 g/mol. The van der Waals surface area contributed by atoms with Crippen molar-refractivity contribution in [3.05, 3.63) is 34.9 Å². The van der Waals surface area contributed by atoms with E-state index in [1.807, 2.05) is 0 Å². The van der Waals surface area contributed by atoms with Crippen LogP contribution in [0.4, 0.5) is 0 Å². The molecule has 0 amide bonds. The number of benzene rings is 1. The summed E-state index contributed by atoms with van der Waals surface area (Å²) >= 11 is 0. The van der Waals surface area contributed by atoms with Gasteiger partial charge in [0, 0.05) is 0 Å². The van der Waals surface area contributed by atoms with E-state index in [1.165, 1.54) is 29.5 Å². The summed E-state index contributed by atoms with van der Waals surface area (Å²) in [6.07, 6.45) is 5.49. The molecule has 1 aromatic rings. The van der Waals surface area contributed by atoms with Crippen LogP contribution in [0.25, 0.3) is 0 Å². The molecular weight excluding hydrogens is 317 g/mol. The Morgan fingerprint density at radius 1 is 1.00 bits per heavy atom. The quantitative estimate of drug-likeness (QED) is 0.658. The van der Waals surface area contributed by atoms with E-state index < -0.39 is 0 Å². The molecule has 0 N–H and O–H groups in total. The van der Waals surface area contributed by atoms with Crippen LogP contribution in [0.15, 0.2) is 18.2 Å². The maximum absolute atomic E-state index is 10.3. The third-order valence-corrected chi connectivity index (χ3v) is 2.85. The zero-order valence-electron chi connectivity index (χ0n) is 10.9. The third-order valence-electron chi connectivity index (χ3n) is 2.85. The van der Waals surface area contributed by atoms with E-state index in [4.69, 9.17) is 0 Å². The molecule has 16 heavy (non-hydrogen) atoms. The van der Waals surface area contributed by atoms with Crippen molar-refractivity contribution in [1.29, 1.82) is 0 Å². The Kier molecular flexibility index (Phi) is 11.0. The van der Waals surface area contributed by atoms with Gasteiger partial charge in [-0.15, -0.1) is 6.61 Å². The second-order valence-corrected chi connectivity index (χ2v) is 4.30. The van der Waals surface area contributed by atoms with Crippen LogP contribution in [-0.2, 0) is 6.42 Å². The molecule has 0 atom stereocenters. The number of hydrogen-bond acceptors (Lipinski definition) is 1. The summed E-state index contributed by atoms with van der Waals surface area (Å²) in [5.74, 6) is 0. The van der Waals surface area contributed by atoms with Gasteiger partial charge in [-0.3, -0.25) is 0 Å². The smallest absolute Gasteiger partial charge is 0.854 e. The zero-order chi connectivity index (χ0) is 11.1. The summed E-state index contributed by atoms with van der Waals surface area (Å²) in [6, 6.07) is 6.64. The molecule has 2 heteroatoms. The van der Waals surface area contributed by atoms with Gasteiger partial charge < -0.3 is 5.11 Å². The normalized spacial score (nSPS) is 9.94. The van der Waals surface area contributed by atoms with E-state index in [9.17, 15) is 5.11 Å². The van der Waals surface area contributed by atoms with Gasteiger partial charge in [0.25, 0.3) is 0 Å². The zero-order valence-corrected chi connectivity index (χ0v) is 17.2. The predicted molar refractivity (Wildman–Crippen MR) is 63.0 cm³/mol. The van der Waals surface area contributed by atoms with Crippen molar-refractivity contribution in [2.24, 2.45) is 0 Å². The Balaban J connectivity index is 0.00000225. The SMILES string of the molecule is Cc1ccc(C)c(CCCCCC[O-])c1.[Cs+]. The minimum atomic E-state index is 0. The van der Waals surface area contributed by atoms with Crippen molar-refractivity contribution >= 4 is 0 Å². The van der Waals surface area contributed by atoms with Crippen LogP contribution < -0.4 is 74.0 Å². The van der Waals surface area contributed by atoms with Gasteiger partial charge in [-0.2, -0.15) is 0 Å². The number of hydrogen-bond donors (Lipinski definition) is 0. The summed E-state index contributed by atoms with van der Waals surface area (Å²) in [6.45, 7) is 4.40. The molecule has 0 aliphatic rings. The second-order valence-electron chi connectivity index (χ2n) is 4.30. The molecular formula is C14H21CsO. The first-order valence-electron chi connectivity index (χ1n) is 5.88. The van der Waals surface area contributed by atoms with Gasteiger partial charge in [0.2, 0.25) is 0 Å². The number of unbranched alkanes of at least 4 members (excludes halogenated alkanes) is 3. The Morgan fingerprint density at radius 2 is 1.69 bits per heavy atom. The van der Waals surface area contributed by atoms with Gasteiger partial charge in [-0.25, -0.2) is 0 Å². The molecule has 1 nitrogen and oxygen atoms in total. The van der Waals surface area contributed by atoms with Gasteiger partial charge in [0.05, 0.1) is 0 Å². The summed E-state index contributed by atoms with van der Waals surface area (Å²) < 4.78 is 0.